The maximum Gasteiger partial charge on any atom is 0.211 e. The van der Waals surface area contributed by atoms with Crippen molar-refractivity contribution in [1.29, 1.82) is 0 Å². The van der Waals surface area contributed by atoms with Gasteiger partial charge in [-0.05, 0) is 47.2 Å². The zero-order valence-corrected chi connectivity index (χ0v) is 14.2. The largest absolute Gasteiger partial charge is 0.296 e. The van der Waals surface area contributed by atoms with Crippen LogP contribution in [0.15, 0.2) is 24.3 Å². The van der Waals surface area contributed by atoms with Gasteiger partial charge in [0.15, 0.2) is 0 Å². The molecule has 19 heavy (non-hydrogen) atoms. The summed E-state index contributed by atoms with van der Waals surface area (Å²) in [4.78, 5) is 2.32. The Labute approximate surface area is 129 Å². The van der Waals surface area contributed by atoms with Gasteiger partial charge in [0.1, 0.15) is 0 Å². The summed E-state index contributed by atoms with van der Waals surface area (Å²) in [5.41, 5.74) is 1.28. The van der Waals surface area contributed by atoms with E-state index in [2.05, 4.69) is 51.8 Å². The summed E-state index contributed by atoms with van der Waals surface area (Å²) in [5, 5.41) is 0. The monoisotopic (exact) mass is 394 g/mol. The highest BCUT2D eigenvalue weighted by atomic mass is 127. The third kappa shape index (κ3) is 4.14. The first-order chi connectivity index (χ1) is 8.86. The topological polar surface area (TPSA) is 40.6 Å². The van der Waals surface area contributed by atoms with Gasteiger partial charge in [-0.2, -0.15) is 4.31 Å². The summed E-state index contributed by atoms with van der Waals surface area (Å²) < 4.78 is 26.1. The van der Waals surface area contributed by atoms with Crippen LogP contribution in [0, 0.1) is 3.57 Å². The highest BCUT2D eigenvalue weighted by Crippen LogP contribution is 2.16. The van der Waals surface area contributed by atoms with E-state index in [1.54, 1.807) is 4.31 Å². The van der Waals surface area contributed by atoms with E-state index < -0.39 is 10.0 Å². The molecule has 0 saturated carbocycles. The quantitative estimate of drug-likeness (QED) is 0.734. The molecule has 0 radical (unpaired) electrons. The molecule has 1 saturated heterocycles. The van der Waals surface area contributed by atoms with Gasteiger partial charge in [-0.25, -0.2) is 8.42 Å². The second-order valence-electron chi connectivity index (χ2n) is 5.09. The average molecular weight is 394 g/mol. The Morgan fingerprint density at radius 2 is 2.11 bits per heavy atom. The number of piperazine rings is 1. The van der Waals surface area contributed by atoms with Crippen LogP contribution in [0.4, 0.5) is 0 Å². The van der Waals surface area contributed by atoms with Gasteiger partial charge in [-0.15, -0.1) is 0 Å². The molecule has 4 nitrogen and oxygen atoms in total. The van der Waals surface area contributed by atoms with E-state index in [0.717, 1.165) is 19.6 Å². The second kappa shape index (κ2) is 6.07. The van der Waals surface area contributed by atoms with Gasteiger partial charge in [-0.3, -0.25) is 4.90 Å². The van der Waals surface area contributed by atoms with E-state index in [1.165, 1.54) is 15.4 Å². The predicted molar refractivity (Wildman–Crippen MR) is 85.4 cm³/mol. The van der Waals surface area contributed by atoms with Crippen LogP contribution < -0.4 is 0 Å². The Kier molecular flexibility index (Phi) is 4.86. The minimum Gasteiger partial charge on any atom is -0.296 e. The molecule has 1 aromatic carbocycles. The molecule has 1 fully saturated rings. The van der Waals surface area contributed by atoms with Crippen molar-refractivity contribution in [2.24, 2.45) is 0 Å². The first kappa shape index (κ1) is 15.2. The number of hydrogen-bond acceptors (Lipinski definition) is 3. The zero-order chi connectivity index (χ0) is 14.0. The highest BCUT2D eigenvalue weighted by Gasteiger charge is 2.29. The normalized spacial score (nSPS) is 22.6. The summed E-state index contributed by atoms with van der Waals surface area (Å²) in [6.07, 6.45) is 1.29. The third-order valence-corrected chi connectivity index (χ3v) is 5.44. The first-order valence-electron chi connectivity index (χ1n) is 6.30. The maximum absolute atomic E-state index is 11.6. The number of hydrogen-bond donors (Lipinski definition) is 0. The standard InChI is InChI=1S/C13H19IN2O2S/c1-11-9-15(6-7-16(11)19(2,17)18)10-12-4-3-5-13(14)8-12/h3-5,8,11H,6-7,9-10H2,1-2H3/t11-/m0/s1. The van der Waals surface area contributed by atoms with Gasteiger partial charge >= 0.3 is 0 Å². The fraction of sp³-hybridized carbons (Fsp3) is 0.538. The summed E-state index contributed by atoms with van der Waals surface area (Å²) in [5.74, 6) is 0. The molecule has 0 aliphatic carbocycles. The molecule has 1 aromatic rings. The van der Waals surface area contributed by atoms with Gasteiger partial charge < -0.3 is 0 Å². The Morgan fingerprint density at radius 1 is 1.37 bits per heavy atom. The Hall–Kier alpha value is -0.180. The Balaban J connectivity index is 1.99. The molecule has 0 amide bonds. The molecule has 106 valence electrons. The van der Waals surface area contributed by atoms with Crippen molar-refractivity contribution >= 4 is 32.6 Å². The SMILES string of the molecule is C[C@H]1CN(Cc2cccc(I)c2)CCN1S(C)(=O)=O. The van der Waals surface area contributed by atoms with E-state index in [1.807, 2.05) is 6.92 Å². The van der Waals surface area contributed by atoms with Gasteiger partial charge in [0, 0.05) is 35.8 Å². The first-order valence-corrected chi connectivity index (χ1v) is 9.22. The minimum absolute atomic E-state index is 0.0477. The lowest BCUT2D eigenvalue weighted by Gasteiger charge is -2.38. The van der Waals surface area contributed by atoms with Crippen LogP contribution in [0.5, 0.6) is 0 Å². The van der Waals surface area contributed by atoms with Crippen LogP contribution in [0.2, 0.25) is 0 Å². The lowest BCUT2D eigenvalue weighted by molar-refractivity contribution is 0.138. The number of halogens is 1. The molecule has 2 rings (SSSR count). The molecule has 1 aliphatic heterocycles. The van der Waals surface area contributed by atoms with Crippen molar-refractivity contribution < 1.29 is 8.42 Å². The fourth-order valence-corrected chi connectivity index (χ4v) is 4.29. The van der Waals surface area contributed by atoms with Gasteiger partial charge in [-0.1, -0.05) is 12.1 Å². The fourth-order valence-electron chi connectivity index (χ4n) is 2.55. The third-order valence-electron chi connectivity index (χ3n) is 3.37. The minimum atomic E-state index is -3.07. The average Bonchev–Trinajstić information content (AvgIpc) is 2.27. The molecular weight excluding hydrogens is 375 g/mol. The van der Waals surface area contributed by atoms with Crippen molar-refractivity contribution in [2.75, 3.05) is 25.9 Å². The molecule has 1 atom stereocenters. The molecule has 0 unspecified atom stereocenters. The summed E-state index contributed by atoms with van der Waals surface area (Å²) in [7, 11) is -3.07. The van der Waals surface area contributed by atoms with E-state index in [4.69, 9.17) is 0 Å². The highest BCUT2D eigenvalue weighted by molar-refractivity contribution is 14.1. The molecule has 1 aliphatic rings. The second-order valence-corrected chi connectivity index (χ2v) is 8.27. The van der Waals surface area contributed by atoms with Crippen LogP contribution in [-0.4, -0.2) is 49.6 Å². The molecular formula is C13H19IN2O2S. The van der Waals surface area contributed by atoms with Crippen molar-refractivity contribution in [3.05, 3.63) is 33.4 Å². The zero-order valence-electron chi connectivity index (χ0n) is 11.2. The molecule has 0 aromatic heterocycles. The smallest absolute Gasteiger partial charge is 0.211 e. The number of sulfonamides is 1. The summed E-state index contributed by atoms with van der Waals surface area (Å²) in [6.45, 7) is 5.03. The van der Waals surface area contributed by atoms with Crippen LogP contribution in [0.25, 0.3) is 0 Å². The van der Waals surface area contributed by atoms with Gasteiger partial charge in [0.25, 0.3) is 0 Å². The van der Waals surface area contributed by atoms with Crippen LogP contribution >= 0.6 is 22.6 Å². The molecule has 1 heterocycles. The van der Waals surface area contributed by atoms with E-state index in [0.29, 0.717) is 6.54 Å². The van der Waals surface area contributed by atoms with Gasteiger partial charge in [0.2, 0.25) is 10.0 Å². The maximum atomic E-state index is 11.6. The van der Waals surface area contributed by atoms with Crippen LogP contribution in [0.1, 0.15) is 12.5 Å². The number of rotatable bonds is 3. The van der Waals surface area contributed by atoms with E-state index >= 15 is 0 Å². The van der Waals surface area contributed by atoms with Gasteiger partial charge in [0.05, 0.1) is 6.26 Å². The number of nitrogens with zero attached hydrogens (tertiary/aromatic N) is 2. The van der Waals surface area contributed by atoms with Crippen molar-refractivity contribution in [3.63, 3.8) is 0 Å². The van der Waals surface area contributed by atoms with Crippen molar-refractivity contribution in [3.8, 4) is 0 Å². The predicted octanol–water partition coefficient (Wildman–Crippen LogP) is 1.76. The van der Waals surface area contributed by atoms with E-state index in [9.17, 15) is 8.42 Å². The van der Waals surface area contributed by atoms with E-state index in [-0.39, 0.29) is 6.04 Å². The molecule has 0 spiro atoms. The van der Waals surface area contributed by atoms with Crippen LogP contribution in [0.3, 0.4) is 0 Å². The molecule has 0 N–H and O–H groups in total. The lowest BCUT2D eigenvalue weighted by atomic mass is 10.1. The van der Waals surface area contributed by atoms with Crippen LogP contribution in [-0.2, 0) is 16.6 Å². The molecule has 6 heteroatoms. The summed E-state index contributed by atoms with van der Waals surface area (Å²) >= 11 is 2.31. The summed E-state index contributed by atoms with van der Waals surface area (Å²) in [6, 6.07) is 8.48. The number of benzene rings is 1. The van der Waals surface area contributed by atoms with Crippen molar-refractivity contribution in [1.82, 2.24) is 9.21 Å². The Morgan fingerprint density at radius 3 is 2.68 bits per heavy atom. The van der Waals surface area contributed by atoms with Crippen molar-refractivity contribution in [2.45, 2.75) is 19.5 Å². The lowest BCUT2D eigenvalue weighted by Crippen LogP contribution is -2.53. The molecule has 0 bridgehead atoms. The Bertz CT molecular complexity index is 547.